The fraction of sp³-hybridized carbons (Fsp3) is 0.952. The Hall–Kier alpha value is -0.930. The van der Waals surface area contributed by atoms with Crippen LogP contribution in [0, 0.1) is 5.92 Å². The van der Waals surface area contributed by atoms with Crippen LogP contribution in [0.5, 0.6) is 0 Å². The van der Waals surface area contributed by atoms with Gasteiger partial charge >= 0.3 is 6.09 Å². The van der Waals surface area contributed by atoms with Crippen molar-refractivity contribution in [3.8, 4) is 0 Å². The van der Waals surface area contributed by atoms with Crippen molar-refractivity contribution in [2.24, 2.45) is 5.92 Å². The van der Waals surface area contributed by atoms with E-state index >= 15 is 0 Å². The molecule has 0 bridgehead atoms. The Morgan fingerprint density at radius 1 is 0.793 bits per heavy atom. The number of carbonyl (C=O) groups excluding carboxylic acids is 1. The summed E-state index contributed by atoms with van der Waals surface area (Å²) in [7, 11) is 1.65. The van der Waals surface area contributed by atoms with Gasteiger partial charge in [0.1, 0.15) is 5.60 Å². The number of ether oxygens (including phenoxy) is 6. The van der Waals surface area contributed by atoms with Gasteiger partial charge in [0.2, 0.25) is 0 Å². The summed E-state index contributed by atoms with van der Waals surface area (Å²) in [6.45, 7) is 11.0. The summed E-state index contributed by atoms with van der Waals surface area (Å²) in [5.41, 5.74) is -0.457. The first kappa shape index (κ1) is 26.1. The Balaban J connectivity index is 1.88. The van der Waals surface area contributed by atoms with E-state index in [-0.39, 0.29) is 12.1 Å². The molecule has 0 unspecified atom stereocenters. The summed E-state index contributed by atoms with van der Waals surface area (Å²) in [4.78, 5) is 11.8. The maximum absolute atomic E-state index is 11.8. The SMILES string of the molecule is COCCOCCOCCOCCOCC1CCC(NC(=O)OC(C)(C)C)CC1. The summed E-state index contributed by atoms with van der Waals surface area (Å²) in [5, 5.41) is 2.97. The molecule has 8 nitrogen and oxygen atoms in total. The molecule has 0 atom stereocenters. The molecule has 1 saturated carbocycles. The highest BCUT2D eigenvalue weighted by Gasteiger charge is 2.24. The van der Waals surface area contributed by atoms with Crippen LogP contribution in [0.3, 0.4) is 0 Å². The van der Waals surface area contributed by atoms with E-state index in [1.54, 1.807) is 7.11 Å². The molecule has 1 amide bonds. The van der Waals surface area contributed by atoms with E-state index in [1.807, 2.05) is 20.8 Å². The van der Waals surface area contributed by atoms with Crippen LogP contribution in [0.1, 0.15) is 46.5 Å². The molecule has 1 N–H and O–H groups in total. The molecule has 0 aromatic rings. The number of rotatable bonds is 15. The second-order valence-corrected chi connectivity index (χ2v) is 8.27. The van der Waals surface area contributed by atoms with Gasteiger partial charge in [-0.3, -0.25) is 0 Å². The van der Waals surface area contributed by atoms with Crippen molar-refractivity contribution in [3.05, 3.63) is 0 Å². The Labute approximate surface area is 175 Å². The van der Waals surface area contributed by atoms with Gasteiger partial charge in [-0.15, -0.1) is 0 Å². The normalized spacial score (nSPS) is 19.9. The van der Waals surface area contributed by atoms with E-state index in [0.29, 0.717) is 58.8 Å². The molecule has 1 fully saturated rings. The van der Waals surface area contributed by atoms with Gasteiger partial charge in [-0.2, -0.15) is 0 Å². The number of carbonyl (C=O) groups is 1. The van der Waals surface area contributed by atoms with Gasteiger partial charge in [0.15, 0.2) is 0 Å². The van der Waals surface area contributed by atoms with Gasteiger partial charge in [0.25, 0.3) is 0 Å². The van der Waals surface area contributed by atoms with E-state index in [0.717, 1.165) is 32.3 Å². The summed E-state index contributed by atoms with van der Waals surface area (Å²) < 4.78 is 32.1. The zero-order chi connectivity index (χ0) is 21.4. The third kappa shape index (κ3) is 15.6. The van der Waals surface area contributed by atoms with Gasteiger partial charge < -0.3 is 33.7 Å². The summed E-state index contributed by atoms with van der Waals surface area (Å²) in [6.07, 6.45) is 3.73. The molecule has 0 aliphatic heterocycles. The number of hydrogen-bond donors (Lipinski definition) is 1. The topological polar surface area (TPSA) is 84.5 Å². The number of amides is 1. The van der Waals surface area contributed by atoms with Crippen LogP contribution in [0.2, 0.25) is 0 Å². The second kappa shape index (κ2) is 15.8. The quantitative estimate of drug-likeness (QED) is 0.409. The number of methoxy groups -OCH3 is 1. The minimum atomic E-state index is -0.457. The van der Waals surface area contributed by atoms with E-state index in [2.05, 4.69) is 5.32 Å². The average molecular weight is 420 g/mol. The van der Waals surface area contributed by atoms with Crippen molar-refractivity contribution in [3.63, 3.8) is 0 Å². The molecule has 0 spiro atoms. The fourth-order valence-corrected chi connectivity index (χ4v) is 3.00. The lowest BCUT2D eigenvalue weighted by atomic mass is 9.86. The average Bonchev–Trinajstić information content (AvgIpc) is 2.65. The van der Waals surface area contributed by atoms with E-state index in [4.69, 9.17) is 28.4 Å². The van der Waals surface area contributed by atoms with Crippen molar-refractivity contribution >= 4 is 6.09 Å². The van der Waals surface area contributed by atoms with Crippen molar-refractivity contribution in [1.82, 2.24) is 5.32 Å². The molecular weight excluding hydrogens is 378 g/mol. The first-order chi connectivity index (χ1) is 13.9. The zero-order valence-corrected chi connectivity index (χ0v) is 18.7. The van der Waals surface area contributed by atoms with Crippen LogP contribution >= 0.6 is 0 Å². The van der Waals surface area contributed by atoms with Gasteiger partial charge in [0, 0.05) is 19.8 Å². The highest BCUT2D eigenvalue weighted by molar-refractivity contribution is 5.68. The highest BCUT2D eigenvalue weighted by atomic mass is 16.6. The zero-order valence-electron chi connectivity index (χ0n) is 18.7. The van der Waals surface area contributed by atoms with Crippen LogP contribution < -0.4 is 5.32 Å². The summed E-state index contributed by atoms with van der Waals surface area (Å²) >= 11 is 0. The van der Waals surface area contributed by atoms with Gasteiger partial charge in [-0.25, -0.2) is 4.79 Å². The fourth-order valence-electron chi connectivity index (χ4n) is 3.00. The van der Waals surface area contributed by atoms with Crippen molar-refractivity contribution in [1.29, 1.82) is 0 Å². The predicted molar refractivity (Wildman–Crippen MR) is 110 cm³/mol. The van der Waals surface area contributed by atoms with Crippen LogP contribution in [-0.2, 0) is 28.4 Å². The molecule has 0 saturated heterocycles. The lowest BCUT2D eigenvalue weighted by molar-refractivity contribution is -0.0125. The van der Waals surface area contributed by atoms with Gasteiger partial charge in [0.05, 0.1) is 52.9 Å². The first-order valence-electron chi connectivity index (χ1n) is 10.7. The molecule has 0 heterocycles. The predicted octanol–water partition coefficient (Wildman–Crippen LogP) is 2.78. The first-order valence-corrected chi connectivity index (χ1v) is 10.7. The lowest BCUT2D eigenvalue weighted by Gasteiger charge is -2.30. The second-order valence-electron chi connectivity index (χ2n) is 8.27. The maximum Gasteiger partial charge on any atom is 0.407 e. The summed E-state index contributed by atoms with van der Waals surface area (Å²) in [6, 6.07) is 0.204. The van der Waals surface area contributed by atoms with Crippen molar-refractivity contribution in [2.75, 3.05) is 66.6 Å². The van der Waals surface area contributed by atoms with E-state index in [9.17, 15) is 4.79 Å². The Morgan fingerprint density at radius 3 is 1.76 bits per heavy atom. The molecule has 1 rings (SSSR count). The molecule has 0 aromatic heterocycles. The van der Waals surface area contributed by atoms with E-state index in [1.165, 1.54) is 0 Å². The summed E-state index contributed by atoms with van der Waals surface area (Å²) in [5.74, 6) is 0.549. The number of nitrogens with one attached hydrogen (secondary N) is 1. The number of alkyl carbamates (subject to hydrolysis) is 1. The molecule has 172 valence electrons. The highest BCUT2D eigenvalue weighted by Crippen LogP contribution is 2.24. The molecule has 1 aliphatic rings. The monoisotopic (exact) mass is 419 g/mol. The van der Waals surface area contributed by atoms with Crippen molar-refractivity contribution in [2.45, 2.75) is 58.1 Å². The van der Waals surface area contributed by atoms with Crippen molar-refractivity contribution < 1.29 is 33.2 Å². The third-order valence-corrected chi connectivity index (χ3v) is 4.47. The van der Waals surface area contributed by atoms with Gasteiger partial charge in [-0.1, -0.05) is 0 Å². The standard InChI is InChI=1S/C21H41NO7/c1-21(2,3)29-20(23)22-19-7-5-18(6-8-19)17-28-16-15-27-14-13-26-12-11-25-10-9-24-4/h18-19H,5-17H2,1-4H3,(H,22,23). The third-order valence-electron chi connectivity index (χ3n) is 4.47. The molecular formula is C21H41NO7. The van der Waals surface area contributed by atoms with Crippen LogP contribution in [0.25, 0.3) is 0 Å². The Bertz CT molecular complexity index is 406. The Morgan fingerprint density at radius 2 is 1.28 bits per heavy atom. The molecule has 8 heteroatoms. The van der Waals surface area contributed by atoms with Crippen LogP contribution in [-0.4, -0.2) is 84.3 Å². The smallest absolute Gasteiger partial charge is 0.407 e. The molecule has 0 aromatic carbocycles. The molecule has 29 heavy (non-hydrogen) atoms. The van der Waals surface area contributed by atoms with Crippen LogP contribution in [0.15, 0.2) is 0 Å². The van der Waals surface area contributed by atoms with Crippen LogP contribution in [0.4, 0.5) is 4.79 Å². The van der Waals surface area contributed by atoms with Gasteiger partial charge in [-0.05, 0) is 52.4 Å². The largest absolute Gasteiger partial charge is 0.444 e. The lowest BCUT2D eigenvalue weighted by Crippen LogP contribution is -2.41. The van der Waals surface area contributed by atoms with E-state index < -0.39 is 5.60 Å². The number of hydrogen-bond acceptors (Lipinski definition) is 7. The molecule has 1 aliphatic carbocycles. The minimum absolute atomic E-state index is 0.204. The minimum Gasteiger partial charge on any atom is -0.444 e. The Kier molecular flexibility index (Phi) is 14.3. The molecule has 0 radical (unpaired) electrons. The maximum atomic E-state index is 11.8.